The van der Waals surface area contributed by atoms with Gasteiger partial charge in [0.1, 0.15) is 0 Å². The maximum absolute atomic E-state index is 12.6. The van der Waals surface area contributed by atoms with Crippen molar-refractivity contribution >= 4 is 17.7 Å². The van der Waals surface area contributed by atoms with E-state index in [4.69, 9.17) is 14.2 Å². The minimum absolute atomic E-state index is 0.197. The molecule has 0 radical (unpaired) electrons. The van der Waals surface area contributed by atoms with Crippen molar-refractivity contribution in [1.82, 2.24) is 4.90 Å². The van der Waals surface area contributed by atoms with E-state index in [0.717, 1.165) is 84.0 Å². The van der Waals surface area contributed by atoms with E-state index in [9.17, 15) is 4.79 Å². The molecule has 0 unspecified atom stereocenters. The molecule has 0 saturated carbocycles. The Hall–Kier alpha value is -0.300. The summed E-state index contributed by atoms with van der Waals surface area (Å²) in [5.74, 6) is 2.31. The summed E-state index contributed by atoms with van der Waals surface area (Å²) in [5, 5.41) is 0. The maximum atomic E-state index is 12.6. The summed E-state index contributed by atoms with van der Waals surface area (Å²) in [4.78, 5) is 14.6. The van der Waals surface area contributed by atoms with E-state index >= 15 is 0 Å². The molecule has 1 amide bonds. The largest absolute Gasteiger partial charge is 0.381 e. The average molecular weight is 356 g/mol. The van der Waals surface area contributed by atoms with Crippen LogP contribution in [-0.4, -0.2) is 73.5 Å². The van der Waals surface area contributed by atoms with Gasteiger partial charge in [0.25, 0.3) is 0 Å². The second-order valence-corrected chi connectivity index (χ2v) is 9.28. The van der Waals surface area contributed by atoms with Crippen LogP contribution in [-0.2, 0) is 19.0 Å². The second kappa shape index (κ2) is 7.52. The highest BCUT2D eigenvalue weighted by molar-refractivity contribution is 8.01. The van der Waals surface area contributed by atoms with E-state index in [0.29, 0.717) is 17.9 Å². The highest BCUT2D eigenvalue weighted by atomic mass is 32.2. The summed E-state index contributed by atoms with van der Waals surface area (Å²) in [7, 11) is 0. The Morgan fingerprint density at radius 3 is 2.46 bits per heavy atom. The number of hydrogen-bond acceptors (Lipinski definition) is 5. The highest BCUT2D eigenvalue weighted by Gasteiger charge is 2.51. The normalized spacial score (nSPS) is 31.3. The van der Waals surface area contributed by atoms with Crippen LogP contribution < -0.4 is 0 Å². The number of amides is 1. The zero-order valence-corrected chi connectivity index (χ0v) is 15.2. The van der Waals surface area contributed by atoms with Gasteiger partial charge in [-0.2, -0.15) is 0 Å². The van der Waals surface area contributed by atoms with E-state index in [1.165, 1.54) is 0 Å². The van der Waals surface area contributed by atoms with Gasteiger partial charge in [-0.25, -0.2) is 0 Å². The van der Waals surface area contributed by atoms with Crippen LogP contribution in [0.5, 0.6) is 0 Å². The lowest BCUT2D eigenvalue weighted by atomic mass is 9.89. The van der Waals surface area contributed by atoms with Gasteiger partial charge in [0.2, 0.25) is 5.91 Å². The summed E-state index contributed by atoms with van der Waals surface area (Å²) in [6.45, 7) is 5.99. The van der Waals surface area contributed by atoms with Crippen LogP contribution in [0.25, 0.3) is 0 Å². The maximum Gasteiger partial charge on any atom is 0.225 e. The first-order valence-corrected chi connectivity index (χ1v) is 10.4. The van der Waals surface area contributed by atoms with Gasteiger partial charge in [0.15, 0.2) is 0 Å². The number of thioether (sulfide) groups is 1. The molecule has 0 bridgehead atoms. The molecule has 4 aliphatic heterocycles. The molecule has 136 valence electrons. The smallest absolute Gasteiger partial charge is 0.225 e. The van der Waals surface area contributed by atoms with Crippen molar-refractivity contribution in [3.63, 3.8) is 0 Å². The minimum atomic E-state index is 0.197. The van der Waals surface area contributed by atoms with E-state index in [1.807, 2.05) is 11.8 Å². The van der Waals surface area contributed by atoms with Crippen molar-refractivity contribution in [1.29, 1.82) is 0 Å². The second-order valence-electron chi connectivity index (χ2n) is 7.79. The third-order valence-electron chi connectivity index (χ3n) is 5.92. The van der Waals surface area contributed by atoms with Crippen LogP contribution in [0.3, 0.4) is 0 Å². The number of carbonyl (C=O) groups is 1. The Bertz CT molecular complexity index is 442. The minimum Gasteiger partial charge on any atom is -0.381 e. The summed E-state index contributed by atoms with van der Waals surface area (Å²) in [6, 6.07) is 0. The molecule has 0 aliphatic carbocycles. The van der Waals surface area contributed by atoms with Gasteiger partial charge >= 0.3 is 0 Å². The van der Waals surface area contributed by atoms with Crippen LogP contribution >= 0.6 is 11.8 Å². The van der Waals surface area contributed by atoms with E-state index in [1.54, 1.807) is 0 Å². The fraction of sp³-hybridized carbons (Fsp3) is 0.944. The summed E-state index contributed by atoms with van der Waals surface area (Å²) >= 11 is 2.03. The first kappa shape index (κ1) is 17.1. The molecule has 6 heteroatoms. The third kappa shape index (κ3) is 3.76. The van der Waals surface area contributed by atoms with E-state index in [2.05, 4.69) is 4.90 Å². The first-order valence-electron chi connectivity index (χ1n) is 9.44. The molecule has 0 aromatic heterocycles. The molecule has 0 aromatic carbocycles. The van der Waals surface area contributed by atoms with E-state index in [-0.39, 0.29) is 10.7 Å². The third-order valence-corrected chi connectivity index (χ3v) is 7.50. The van der Waals surface area contributed by atoms with Crippen molar-refractivity contribution in [2.45, 2.75) is 43.0 Å². The molecule has 0 aromatic rings. The molecule has 1 spiro atoms. The first-order chi connectivity index (χ1) is 11.7. The molecule has 4 fully saturated rings. The predicted octanol–water partition coefficient (Wildman–Crippen LogP) is 1.94. The summed E-state index contributed by atoms with van der Waals surface area (Å²) in [5.41, 5.74) is 0. The Kier molecular flexibility index (Phi) is 5.37. The lowest BCUT2D eigenvalue weighted by Gasteiger charge is -2.48. The molecule has 4 aliphatic rings. The van der Waals surface area contributed by atoms with E-state index < -0.39 is 0 Å². The van der Waals surface area contributed by atoms with Crippen molar-refractivity contribution in [3.8, 4) is 0 Å². The van der Waals surface area contributed by atoms with Crippen molar-refractivity contribution < 1.29 is 19.0 Å². The molecule has 24 heavy (non-hydrogen) atoms. The lowest BCUT2D eigenvalue weighted by Crippen LogP contribution is -2.62. The molecular formula is C18H29NO4S. The van der Waals surface area contributed by atoms with Crippen molar-refractivity contribution in [2.75, 3.05) is 51.9 Å². The molecular weight excluding hydrogens is 326 g/mol. The Morgan fingerprint density at radius 2 is 1.75 bits per heavy atom. The van der Waals surface area contributed by atoms with Gasteiger partial charge in [-0.3, -0.25) is 4.79 Å². The van der Waals surface area contributed by atoms with Gasteiger partial charge in [0, 0.05) is 57.8 Å². The number of rotatable bonds is 4. The number of likely N-dealkylation sites (tertiary alicyclic amines) is 1. The fourth-order valence-electron chi connectivity index (χ4n) is 4.32. The van der Waals surface area contributed by atoms with Crippen LogP contribution in [0, 0.1) is 11.8 Å². The Morgan fingerprint density at radius 1 is 1.08 bits per heavy atom. The molecule has 4 heterocycles. The van der Waals surface area contributed by atoms with Gasteiger partial charge in [-0.1, -0.05) is 0 Å². The summed E-state index contributed by atoms with van der Waals surface area (Å²) < 4.78 is 17.2. The molecule has 4 rings (SSSR count). The van der Waals surface area contributed by atoms with Gasteiger partial charge < -0.3 is 19.1 Å². The summed E-state index contributed by atoms with van der Waals surface area (Å²) in [6.07, 6.45) is 5.55. The van der Waals surface area contributed by atoms with Crippen molar-refractivity contribution in [2.24, 2.45) is 11.8 Å². The number of nitrogens with zero attached hydrogens (tertiary/aromatic N) is 1. The van der Waals surface area contributed by atoms with Crippen LogP contribution in [0.1, 0.15) is 32.1 Å². The van der Waals surface area contributed by atoms with Crippen LogP contribution in [0.4, 0.5) is 0 Å². The zero-order chi connectivity index (χ0) is 16.4. The molecule has 4 saturated heterocycles. The lowest BCUT2D eigenvalue weighted by molar-refractivity contribution is -0.144. The highest BCUT2D eigenvalue weighted by Crippen LogP contribution is 2.46. The molecule has 5 nitrogen and oxygen atoms in total. The number of carbonyl (C=O) groups excluding carboxylic acids is 1. The van der Waals surface area contributed by atoms with Crippen LogP contribution in [0.2, 0.25) is 0 Å². The fourth-order valence-corrected chi connectivity index (χ4v) is 5.87. The molecule has 0 N–H and O–H groups in total. The standard InChI is InChI=1S/C18H29NO4S/c20-17(15-3-7-22-8-4-15)19-12-18(13-19)9-16(11-24-18)23-10-14-1-5-21-6-2-14/h14-16H,1-13H2/t16-/m1/s1. The Balaban J connectivity index is 1.19. The predicted molar refractivity (Wildman–Crippen MR) is 93.2 cm³/mol. The monoisotopic (exact) mass is 355 g/mol. The number of ether oxygens (including phenoxy) is 3. The SMILES string of the molecule is O=C(C1CCOCC1)N1CC2(C[C@@H](OCC3CCOCC3)CS2)C1. The Labute approximate surface area is 148 Å². The average Bonchev–Trinajstić information content (AvgIpc) is 3.04. The quantitative estimate of drug-likeness (QED) is 0.771. The molecule has 1 atom stereocenters. The van der Waals surface area contributed by atoms with Gasteiger partial charge in [-0.15, -0.1) is 11.8 Å². The number of hydrogen-bond donors (Lipinski definition) is 0. The van der Waals surface area contributed by atoms with Gasteiger partial charge in [0.05, 0.1) is 10.9 Å². The van der Waals surface area contributed by atoms with Crippen LogP contribution in [0.15, 0.2) is 0 Å². The topological polar surface area (TPSA) is 48.0 Å². The van der Waals surface area contributed by atoms with Gasteiger partial charge in [-0.05, 0) is 38.0 Å². The zero-order valence-electron chi connectivity index (χ0n) is 14.4. The van der Waals surface area contributed by atoms with Crippen molar-refractivity contribution in [3.05, 3.63) is 0 Å².